The summed E-state index contributed by atoms with van der Waals surface area (Å²) in [5, 5.41) is 13.7. The smallest absolute Gasteiger partial charge is 0.126 e. The lowest BCUT2D eigenvalue weighted by molar-refractivity contribution is 0.476. The number of anilines is 1. The molecule has 0 bridgehead atoms. The lowest BCUT2D eigenvalue weighted by Crippen LogP contribution is -2.10. The molecule has 0 saturated carbocycles. The maximum absolute atomic E-state index is 9.49. The van der Waals surface area contributed by atoms with Crippen molar-refractivity contribution >= 4 is 39.5 Å². The Morgan fingerprint density at radius 3 is 2.71 bits per heavy atom. The molecule has 0 aliphatic heterocycles. The summed E-state index contributed by atoms with van der Waals surface area (Å²) in [6.07, 6.45) is 9.73. The molecule has 3 rings (SSSR count). The van der Waals surface area contributed by atoms with Crippen LogP contribution in [0.5, 0.6) is 5.75 Å². The van der Waals surface area contributed by atoms with Gasteiger partial charge in [0, 0.05) is 12.2 Å². The van der Waals surface area contributed by atoms with Crippen molar-refractivity contribution in [3.05, 3.63) is 59.3 Å². The molecule has 1 aromatic carbocycles. The van der Waals surface area contributed by atoms with E-state index in [1.165, 1.54) is 0 Å². The molecule has 2 aromatic heterocycles. The Bertz CT molecular complexity index is 879. The summed E-state index contributed by atoms with van der Waals surface area (Å²) in [5.74, 6) is 1.15. The summed E-state index contributed by atoms with van der Waals surface area (Å²) in [6.45, 7) is 4.17. The second-order valence-corrected chi connectivity index (χ2v) is 6.76. The fourth-order valence-electron chi connectivity index (χ4n) is 2.19. The zero-order valence-electron chi connectivity index (χ0n) is 13.6. The minimum atomic E-state index is 0.268. The highest BCUT2D eigenvalue weighted by molar-refractivity contribution is 7.19. The third-order valence-corrected chi connectivity index (χ3v) is 4.23. The average molecular weight is 337 g/mol. The molecular weight excluding hydrogens is 318 g/mol. The molecular formula is C19H19N3OS. The molecule has 0 saturated heterocycles. The van der Waals surface area contributed by atoms with Crippen molar-refractivity contribution in [2.24, 2.45) is 0 Å². The van der Waals surface area contributed by atoms with Gasteiger partial charge < -0.3 is 10.4 Å². The van der Waals surface area contributed by atoms with Crippen LogP contribution in [0.4, 0.5) is 5.82 Å². The van der Waals surface area contributed by atoms with Gasteiger partial charge in [0.15, 0.2) is 0 Å². The summed E-state index contributed by atoms with van der Waals surface area (Å²) in [4.78, 5) is 8.88. The lowest BCUT2D eigenvalue weighted by atomic mass is 10.2. The number of phenols is 1. The van der Waals surface area contributed by atoms with Crippen LogP contribution in [0.15, 0.2) is 48.7 Å². The molecule has 0 aliphatic carbocycles. The molecule has 0 unspecified atom stereocenters. The van der Waals surface area contributed by atoms with E-state index in [4.69, 9.17) is 0 Å². The monoisotopic (exact) mass is 337 g/mol. The summed E-state index contributed by atoms with van der Waals surface area (Å²) >= 11 is 1.55. The first-order valence-electron chi connectivity index (χ1n) is 7.77. The molecule has 0 fully saturated rings. The van der Waals surface area contributed by atoms with E-state index in [0.717, 1.165) is 26.6 Å². The highest BCUT2D eigenvalue weighted by Gasteiger charge is 2.01. The Morgan fingerprint density at radius 1 is 1.12 bits per heavy atom. The van der Waals surface area contributed by atoms with Crippen LogP contribution >= 0.6 is 11.3 Å². The standard InChI is InChI=1S/C19H19N3OS/c1-13(2)21-18-10-7-14(12-20-18)5-3-4-6-19-22-16-9-8-15(23)11-17(16)24-19/h3-13,23H,1-2H3,(H,20,21)/b5-3+,6-4+. The minimum Gasteiger partial charge on any atom is -0.508 e. The number of hydrogen-bond acceptors (Lipinski definition) is 5. The Labute approximate surface area is 145 Å². The average Bonchev–Trinajstić information content (AvgIpc) is 2.94. The van der Waals surface area contributed by atoms with Crippen molar-refractivity contribution in [3.63, 3.8) is 0 Å². The van der Waals surface area contributed by atoms with Gasteiger partial charge in [-0.05, 0) is 55.8 Å². The zero-order chi connectivity index (χ0) is 16.9. The van der Waals surface area contributed by atoms with E-state index in [2.05, 4.69) is 29.1 Å². The maximum Gasteiger partial charge on any atom is 0.126 e. The van der Waals surface area contributed by atoms with Gasteiger partial charge >= 0.3 is 0 Å². The van der Waals surface area contributed by atoms with Crippen LogP contribution < -0.4 is 5.32 Å². The van der Waals surface area contributed by atoms with E-state index in [-0.39, 0.29) is 5.75 Å². The highest BCUT2D eigenvalue weighted by atomic mass is 32.1. The van der Waals surface area contributed by atoms with Gasteiger partial charge in [-0.1, -0.05) is 18.2 Å². The Morgan fingerprint density at radius 2 is 1.96 bits per heavy atom. The molecule has 0 spiro atoms. The first-order valence-corrected chi connectivity index (χ1v) is 8.59. The highest BCUT2D eigenvalue weighted by Crippen LogP contribution is 2.26. The minimum absolute atomic E-state index is 0.268. The zero-order valence-corrected chi connectivity index (χ0v) is 14.4. The van der Waals surface area contributed by atoms with Gasteiger partial charge in [0.2, 0.25) is 0 Å². The number of thiazole rings is 1. The molecule has 24 heavy (non-hydrogen) atoms. The van der Waals surface area contributed by atoms with Crippen molar-refractivity contribution in [1.29, 1.82) is 0 Å². The number of pyridine rings is 1. The summed E-state index contributed by atoms with van der Waals surface area (Å²) in [5.41, 5.74) is 1.95. The first kappa shape index (κ1) is 16.2. The van der Waals surface area contributed by atoms with Crippen LogP contribution in [-0.2, 0) is 0 Å². The number of phenolic OH excluding ortho intramolecular Hbond substituents is 1. The lowest BCUT2D eigenvalue weighted by Gasteiger charge is -2.08. The van der Waals surface area contributed by atoms with Crippen LogP contribution in [0.3, 0.4) is 0 Å². The molecule has 2 N–H and O–H groups in total. The van der Waals surface area contributed by atoms with Crippen molar-refractivity contribution in [2.45, 2.75) is 19.9 Å². The number of hydrogen-bond donors (Lipinski definition) is 2. The number of aromatic hydroxyl groups is 1. The fourth-order valence-corrected chi connectivity index (χ4v) is 3.11. The van der Waals surface area contributed by atoms with E-state index in [1.807, 2.05) is 48.7 Å². The third-order valence-electron chi connectivity index (χ3n) is 3.25. The Hall–Kier alpha value is -2.66. The fraction of sp³-hybridized carbons (Fsp3) is 0.158. The van der Waals surface area contributed by atoms with Crippen molar-refractivity contribution in [2.75, 3.05) is 5.32 Å². The molecule has 0 radical (unpaired) electrons. The molecule has 2 heterocycles. The largest absolute Gasteiger partial charge is 0.508 e. The Kier molecular flexibility index (Phi) is 4.91. The summed E-state index contributed by atoms with van der Waals surface area (Å²) in [6, 6.07) is 9.59. The van der Waals surface area contributed by atoms with Gasteiger partial charge in [-0.2, -0.15) is 0 Å². The van der Waals surface area contributed by atoms with Crippen LogP contribution in [0, 0.1) is 0 Å². The number of benzene rings is 1. The van der Waals surface area contributed by atoms with Gasteiger partial charge in [-0.15, -0.1) is 11.3 Å². The molecule has 0 aliphatic rings. The molecule has 0 atom stereocenters. The van der Waals surface area contributed by atoms with E-state index in [0.29, 0.717) is 6.04 Å². The van der Waals surface area contributed by atoms with E-state index in [1.54, 1.807) is 23.5 Å². The van der Waals surface area contributed by atoms with Gasteiger partial charge in [0.25, 0.3) is 0 Å². The number of nitrogens with zero attached hydrogens (tertiary/aromatic N) is 2. The molecule has 3 aromatic rings. The van der Waals surface area contributed by atoms with E-state index >= 15 is 0 Å². The number of nitrogens with one attached hydrogen (secondary N) is 1. The van der Waals surface area contributed by atoms with Crippen molar-refractivity contribution in [1.82, 2.24) is 9.97 Å². The van der Waals surface area contributed by atoms with Crippen LogP contribution in [-0.4, -0.2) is 21.1 Å². The van der Waals surface area contributed by atoms with Crippen molar-refractivity contribution < 1.29 is 5.11 Å². The predicted molar refractivity (Wildman–Crippen MR) is 102 cm³/mol. The van der Waals surface area contributed by atoms with Crippen LogP contribution in [0.1, 0.15) is 24.4 Å². The van der Waals surface area contributed by atoms with Crippen LogP contribution in [0.2, 0.25) is 0 Å². The van der Waals surface area contributed by atoms with Gasteiger partial charge in [0.1, 0.15) is 16.6 Å². The molecule has 0 amide bonds. The second kappa shape index (κ2) is 7.27. The van der Waals surface area contributed by atoms with E-state index < -0.39 is 0 Å². The Balaban J connectivity index is 1.65. The first-order chi connectivity index (χ1) is 11.6. The topological polar surface area (TPSA) is 58.0 Å². The van der Waals surface area contributed by atoms with Crippen LogP contribution in [0.25, 0.3) is 22.4 Å². The van der Waals surface area contributed by atoms with Gasteiger partial charge in [0.05, 0.1) is 10.2 Å². The SMILES string of the molecule is CC(C)Nc1ccc(/C=C/C=C/c2nc3ccc(O)cc3s2)cn1. The number of fused-ring (bicyclic) bond motifs is 1. The number of allylic oxidation sites excluding steroid dienone is 2. The summed E-state index contributed by atoms with van der Waals surface area (Å²) in [7, 11) is 0. The number of rotatable bonds is 5. The number of aromatic nitrogens is 2. The second-order valence-electron chi connectivity index (χ2n) is 5.70. The van der Waals surface area contributed by atoms with Gasteiger partial charge in [-0.3, -0.25) is 0 Å². The maximum atomic E-state index is 9.49. The van der Waals surface area contributed by atoms with Crippen molar-refractivity contribution in [3.8, 4) is 5.75 Å². The third kappa shape index (κ3) is 4.20. The van der Waals surface area contributed by atoms with E-state index in [9.17, 15) is 5.11 Å². The molecule has 122 valence electrons. The quantitative estimate of drug-likeness (QED) is 0.647. The normalized spacial score (nSPS) is 12.0. The predicted octanol–water partition coefficient (Wildman–Crippen LogP) is 4.94. The molecule has 5 heteroatoms. The summed E-state index contributed by atoms with van der Waals surface area (Å²) < 4.78 is 0.982. The van der Waals surface area contributed by atoms with Gasteiger partial charge in [-0.25, -0.2) is 9.97 Å². The molecule has 4 nitrogen and oxygen atoms in total.